The first-order valence-corrected chi connectivity index (χ1v) is 6.89. The number of carbonyl (C=O) groups excluding carboxylic acids is 1. The zero-order chi connectivity index (χ0) is 14.8. The van der Waals surface area contributed by atoms with E-state index in [0.717, 1.165) is 5.56 Å². The number of carbonyl (C=O) groups is 1. The van der Waals surface area contributed by atoms with Crippen LogP contribution in [0, 0.1) is 5.41 Å². The third-order valence-corrected chi connectivity index (χ3v) is 3.76. The fourth-order valence-corrected chi connectivity index (χ4v) is 1.87. The summed E-state index contributed by atoms with van der Waals surface area (Å²) in [5.41, 5.74) is 6.53. The normalized spacial score (nSPS) is 14.9. The minimum absolute atomic E-state index is 0.171. The highest BCUT2D eigenvalue weighted by molar-refractivity contribution is 6.42. The summed E-state index contributed by atoms with van der Waals surface area (Å²) in [4.78, 5) is 12.0. The van der Waals surface area contributed by atoms with Crippen molar-refractivity contribution in [1.29, 1.82) is 0 Å². The predicted molar refractivity (Wildman–Crippen MR) is 80.5 cm³/mol. The molecular formula is C14H20Cl2N2O. The van der Waals surface area contributed by atoms with E-state index >= 15 is 0 Å². The van der Waals surface area contributed by atoms with E-state index in [1.165, 1.54) is 0 Å². The van der Waals surface area contributed by atoms with Crippen LogP contribution in [-0.2, 0) is 4.79 Å². The molecule has 1 aromatic rings. The summed E-state index contributed by atoms with van der Waals surface area (Å²) in [5.74, 6) is -0.175. The van der Waals surface area contributed by atoms with Gasteiger partial charge in [-0.1, -0.05) is 50.0 Å². The number of hydrogen-bond donors (Lipinski definition) is 2. The Morgan fingerprint density at radius 3 is 2.32 bits per heavy atom. The maximum absolute atomic E-state index is 12.0. The van der Waals surface area contributed by atoms with Crippen LogP contribution in [0.1, 0.15) is 39.3 Å². The van der Waals surface area contributed by atoms with Crippen molar-refractivity contribution in [2.24, 2.45) is 11.1 Å². The summed E-state index contributed by atoms with van der Waals surface area (Å²) >= 11 is 11.8. The van der Waals surface area contributed by atoms with E-state index in [1.807, 2.05) is 33.8 Å². The molecule has 106 valence electrons. The Hall–Kier alpha value is -0.770. The molecular weight excluding hydrogens is 283 g/mol. The quantitative estimate of drug-likeness (QED) is 0.897. The summed E-state index contributed by atoms with van der Waals surface area (Å²) < 4.78 is 0. The number of nitrogens with two attached hydrogens (primary N) is 1. The molecule has 0 bridgehead atoms. The molecule has 0 aromatic heterocycles. The molecule has 0 aliphatic rings. The van der Waals surface area contributed by atoms with Crippen LogP contribution in [0.3, 0.4) is 0 Å². The van der Waals surface area contributed by atoms with Gasteiger partial charge >= 0.3 is 0 Å². The number of halogens is 2. The fourth-order valence-electron chi connectivity index (χ4n) is 1.56. The van der Waals surface area contributed by atoms with Gasteiger partial charge in [-0.05, 0) is 30.0 Å². The van der Waals surface area contributed by atoms with E-state index in [2.05, 4.69) is 5.32 Å². The van der Waals surface area contributed by atoms with Gasteiger partial charge in [0.1, 0.15) is 0 Å². The maximum Gasteiger partial charge on any atom is 0.237 e. The van der Waals surface area contributed by atoms with Crippen molar-refractivity contribution in [2.45, 2.75) is 39.8 Å². The second kappa shape index (κ2) is 6.12. The van der Waals surface area contributed by atoms with Crippen LogP contribution in [0.25, 0.3) is 0 Å². The number of benzene rings is 1. The zero-order valence-corrected chi connectivity index (χ0v) is 13.1. The Labute approximate surface area is 124 Å². The highest BCUT2D eigenvalue weighted by Crippen LogP contribution is 2.26. The molecule has 3 N–H and O–H groups in total. The minimum atomic E-state index is -0.558. The standard InChI is InChI=1S/C14H20Cl2N2O/c1-8(9-5-6-10(15)11(16)7-9)18-13(19)12(17)14(2,3)4/h5-8,12H,17H2,1-4H3,(H,18,19)/t8?,12-/m0/s1. The lowest BCUT2D eigenvalue weighted by molar-refractivity contribution is -0.125. The molecule has 1 rings (SSSR count). The number of nitrogens with one attached hydrogen (secondary N) is 1. The average molecular weight is 303 g/mol. The first-order valence-electron chi connectivity index (χ1n) is 6.14. The highest BCUT2D eigenvalue weighted by Gasteiger charge is 2.28. The Bertz CT molecular complexity index is 469. The van der Waals surface area contributed by atoms with E-state index in [9.17, 15) is 4.79 Å². The van der Waals surface area contributed by atoms with Crippen LogP contribution in [0.2, 0.25) is 10.0 Å². The summed E-state index contributed by atoms with van der Waals surface area (Å²) in [7, 11) is 0. The summed E-state index contributed by atoms with van der Waals surface area (Å²) in [6.45, 7) is 7.68. The lowest BCUT2D eigenvalue weighted by Gasteiger charge is -2.27. The van der Waals surface area contributed by atoms with Gasteiger partial charge in [-0.3, -0.25) is 4.79 Å². The molecule has 1 amide bonds. The zero-order valence-electron chi connectivity index (χ0n) is 11.6. The lowest BCUT2D eigenvalue weighted by atomic mass is 9.86. The summed E-state index contributed by atoms with van der Waals surface area (Å²) in [6.07, 6.45) is 0. The van der Waals surface area contributed by atoms with Gasteiger partial charge in [-0.2, -0.15) is 0 Å². The molecule has 0 radical (unpaired) electrons. The van der Waals surface area contributed by atoms with E-state index in [0.29, 0.717) is 10.0 Å². The van der Waals surface area contributed by atoms with E-state index in [1.54, 1.807) is 12.1 Å². The number of amides is 1. The van der Waals surface area contributed by atoms with Gasteiger partial charge in [0.2, 0.25) is 5.91 Å². The predicted octanol–water partition coefficient (Wildman–Crippen LogP) is 3.54. The third kappa shape index (κ3) is 4.37. The van der Waals surface area contributed by atoms with Gasteiger partial charge in [0.05, 0.1) is 22.1 Å². The minimum Gasteiger partial charge on any atom is -0.348 e. The first kappa shape index (κ1) is 16.3. The van der Waals surface area contributed by atoms with Crippen LogP contribution >= 0.6 is 23.2 Å². The molecule has 19 heavy (non-hydrogen) atoms. The SMILES string of the molecule is CC(NC(=O)[C@H](N)C(C)(C)C)c1ccc(Cl)c(Cl)c1. The molecule has 0 aliphatic carbocycles. The molecule has 0 spiro atoms. The topological polar surface area (TPSA) is 55.1 Å². The molecule has 0 fully saturated rings. The molecule has 1 unspecified atom stereocenters. The van der Waals surface area contributed by atoms with Gasteiger partial charge in [0.25, 0.3) is 0 Å². The molecule has 0 heterocycles. The summed E-state index contributed by atoms with van der Waals surface area (Å²) in [5, 5.41) is 3.85. The molecule has 3 nitrogen and oxygen atoms in total. The van der Waals surface area contributed by atoms with Gasteiger partial charge < -0.3 is 11.1 Å². The van der Waals surface area contributed by atoms with Crippen LogP contribution in [0.5, 0.6) is 0 Å². The average Bonchev–Trinajstić information content (AvgIpc) is 2.30. The van der Waals surface area contributed by atoms with Crippen molar-refractivity contribution in [1.82, 2.24) is 5.32 Å². The molecule has 0 saturated heterocycles. The Kier molecular flexibility index (Phi) is 5.25. The van der Waals surface area contributed by atoms with Crippen LogP contribution in [-0.4, -0.2) is 11.9 Å². The first-order chi connectivity index (χ1) is 8.62. The largest absolute Gasteiger partial charge is 0.348 e. The molecule has 2 atom stereocenters. The second-order valence-corrected chi connectivity index (χ2v) is 6.56. The van der Waals surface area contributed by atoms with Crippen molar-refractivity contribution in [3.05, 3.63) is 33.8 Å². The Morgan fingerprint density at radius 2 is 1.84 bits per heavy atom. The van der Waals surface area contributed by atoms with E-state index < -0.39 is 6.04 Å². The maximum atomic E-state index is 12.0. The smallest absolute Gasteiger partial charge is 0.237 e. The lowest BCUT2D eigenvalue weighted by Crippen LogP contribution is -2.49. The van der Waals surface area contributed by atoms with Crippen molar-refractivity contribution in [3.8, 4) is 0 Å². The second-order valence-electron chi connectivity index (χ2n) is 5.75. The van der Waals surface area contributed by atoms with Gasteiger partial charge in [-0.25, -0.2) is 0 Å². The van der Waals surface area contributed by atoms with Gasteiger partial charge in [0.15, 0.2) is 0 Å². The van der Waals surface area contributed by atoms with Crippen LogP contribution < -0.4 is 11.1 Å². The molecule has 1 aromatic carbocycles. The molecule has 5 heteroatoms. The van der Waals surface area contributed by atoms with Crippen LogP contribution in [0.15, 0.2) is 18.2 Å². The van der Waals surface area contributed by atoms with Crippen molar-refractivity contribution in [2.75, 3.05) is 0 Å². The Morgan fingerprint density at radius 1 is 1.26 bits per heavy atom. The fraction of sp³-hybridized carbons (Fsp3) is 0.500. The summed E-state index contributed by atoms with van der Waals surface area (Å²) in [6, 6.07) is 4.57. The number of hydrogen-bond acceptors (Lipinski definition) is 2. The highest BCUT2D eigenvalue weighted by atomic mass is 35.5. The van der Waals surface area contributed by atoms with Gasteiger partial charge in [-0.15, -0.1) is 0 Å². The number of rotatable bonds is 3. The molecule has 0 aliphatic heterocycles. The Balaban J connectivity index is 2.77. The van der Waals surface area contributed by atoms with Crippen molar-refractivity contribution >= 4 is 29.1 Å². The molecule has 0 saturated carbocycles. The van der Waals surface area contributed by atoms with E-state index in [4.69, 9.17) is 28.9 Å². The monoisotopic (exact) mass is 302 g/mol. The van der Waals surface area contributed by atoms with Crippen molar-refractivity contribution < 1.29 is 4.79 Å². The van der Waals surface area contributed by atoms with Crippen molar-refractivity contribution in [3.63, 3.8) is 0 Å². The third-order valence-electron chi connectivity index (χ3n) is 3.02. The van der Waals surface area contributed by atoms with E-state index in [-0.39, 0.29) is 17.4 Å². The van der Waals surface area contributed by atoms with Gasteiger partial charge in [0, 0.05) is 0 Å². The van der Waals surface area contributed by atoms with Crippen LogP contribution in [0.4, 0.5) is 0 Å².